The molecule has 0 spiro atoms. The van der Waals surface area contributed by atoms with Gasteiger partial charge in [-0.25, -0.2) is 13.6 Å². The molecule has 1 aromatic carbocycles. The molecule has 118 valence electrons. The quantitative estimate of drug-likeness (QED) is 0.793. The van der Waals surface area contributed by atoms with Gasteiger partial charge >= 0.3 is 6.09 Å². The maximum absolute atomic E-state index is 13.5. The molecule has 0 saturated heterocycles. The molecule has 7 heteroatoms. The summed E-state index contributed by atoms with van der Waals surface area (Å²) >= 11 is 0. The Morgan fingerprint density at radius 1 is 1.33 bits per heavy atom. The predicted octanol–water partition coefficient (Wildman–Crippen LogP) is 1.88. The first-order valence-electron chi connectivity index (χ1n) is 6.38. The number of rotatable bonds is 4. The Balaban J connectivity index is 2.61. The van der Waals surface area contributed by atoms with E-state index in [0.717, 1.165) is 18.2 Å². The summed E-state index contributed by atoms with van der Waals surface area (Å²) in [4.78, 5) is 11.4. The van der Waals surface area contributed by atoms with Gasteiger partial charge in [0.05, 0.1) is 0 Å². The van der Waals surface area contributed by atoms with Crippen LogP contribution in [0, 0.1) is 11.6 Å². The van der Waals surface area contributed by atoms with Gasteiger partial charge in [-0.3, -0.25) is 0 Å². The van der Waals surface area contributed by atoms with Crippen molar-refractivity contribution < 1.29 is 28.5 Å². The lowest BCUT2D eigenvalue weighted by atomic mass is 10.0. The third kappa shape index (κ3) is 5.65. The van der Waals surface area contributed by atoms with Crippen LogP contribution in [-0.2, 0) is 4.74 Å². The lowest BCUT2D eigenvalue weighted by molar-refractivity contribution is 0.0111. The van der Waals surface area contributed by atoms with Crippen LogP contribution in [0.5, 0.6) is 0 Å². The minimum atomic E-state index is -1.67. The number of aliphatic hydroxyl groups is 2. The first-order chi connectivity index (χ1) is 9.60. The van der Waals surface area contributed by atoms with Crippen molar-refractivity contribution in [3.8, 4) is 0 Å². The molecular weight excluding hydrogens is 284 g/mol. The summed E-state index contributed by atoms with van der Waals surface area (Å²) in [5.41, 5.74) is -1.09. The lowest BCUT2D eigenvalue weighted by Gasteiger charge is -2.22. The van der Waals surface area contributed by atoms with Crippen molar-refractivity contribution in [2.45, 2.75) is 38.6 Å². The fraction of sp³-hybridized carbons (Fsp3) is 0.500. The number of amides is 1. The molecule has 0 aliphatic rings. The van der Waals surface area contributed by atoms with Crippen molar-refractivity contribution in [3.63, 3.8) is 0 Å². The van der Waals surface area contributed by atoms with Gasteiger partial charge in [-0.1, -0.05) is 0 Å². The highest BCUT2D eigenvalue weighted by atomic mass is 19.1. The highest BCUT2D eigenvalue weighted by molar-refractivity contribution is 5.67. The maximum atomic E-state index is 13.5. The number of benzene rings is 1. The lowest BCUT2D eigenvalue weighted by Crippen LogP contribution is -2.39. The standard InChI is InChI=1S/C14H19F2NO4/c1-14(2,3)21-13(20)17-7-11(18)12(19)9-6-8(15)4-5-10(9)16/h4-6,11-12,18-19H,7H2,1-3H3,(H,17,20). The second-order valence-corrected chi connectivity index (χ2v) is 5.56. The van der Waals surface area contributed by atoms with Gasteiger partial charge in [0.25, 0.3) is 0 Å². The molecule has 3 N–H and O–H groups in total. The van der Waals surface area contributed by atoms with Crippen molar-refractivity contribution in [2.75, 3.05) is 6.54 Å². The number of aliphatic hydroxyl groups excluding tert-OH is 2. The summed E-state index contributed by atoms with van der Waals surface area (Å²) < 4.78 is 31.4. The fourth-order valence-corrected chi connectivity index (χ4v) is 1.56. The number of nitrogens with one attached hydrogen (secondary N) is 1. The van der Waals surface area contributed by atoms with Crippen LogP contribution >= 0.6 is 0 Å². The van der Waals surface area contributed by atoms with E-state index in [2.05, 4.69) is 5.32 Å². The van der Waals surface area contributed by atoms with Crippen LogP contribution in [0.25, 0.3) is 0 Å². The minimum Gasteiger partial charge on any atom is -0.444 e. The van der Waals surface area contributed by atoms with Crippen LogP contribution in [0.4, 0.5) is 13.6 Å². The van der Waals surface area contributed by atoms with E-state index in [1.807, 2.05) is 0 Å². The SMILES string of the molecule is CC(C)(C)OC(=O)NCC(O)C(O)c1cc(F)ccc1F. The molecule has 1 rings (SSSR count). The zero-order valence-electron chi connectivity index (χ0n) is 12.1. The van der Waals surface area contributed by atoms with Crippen LogP contribution in [0.3, 0.4) is 0 Å². The van der Waals surface area contributed by atoms with Gasteiger partial charge in [-0.05, 0) is 39.0 Å². The number of alkyl carbamates (subject to hydrolysis) is 1. The van der Waals surface area contributed by atoms with Gasteiger partial charge in [0.15, 0.2) is 0 Å². The average molecular weight is 303 g/mol. The molecule has 0 aromatic heterocycles. The number of hydrogen-bond donors (Lipinski definition) is 3. The summed E-state index contributed by atoms with van der Waals surface area (Å²) in [5, 5.41) is 21.8. The van der Waals surface area contributed by atoms with E-state index in [9.17, 15) is 23.8 Å². The Kier molecular flexibility index (Phi) is 5.62. The summed E-state index contributed by atoms with van der Waals surface area (Å²) in [7, 11) is 0. The van der Waals surface area contributed by atoms with Crippen LogP contribution in [-0.4, -0.2) is 34.6 Å². The zero-order chi connectivity index (χ0) is 16.2. The van der Waals surface area contributed by atoms with Crippen molar-refractivity contribution >= 4 is 6.09 Å². The third-order valence-electron chi connectivity index (χ3n) is 2.50. The maximum Gasteiger partial charge on any atom is 0.407 e. The molecule has 5 nitrogen and oxygen atoms in total. The number of ether oxygens (including phenoxy) is 1. The van der Waals surface area contributed by atoms with E-state index >= 15 is 0 Å². The molecule has 0 aliphatic carbocycles. The normalized spacial score (nSPS) is 14.4. The smallest absolute Gasteiger partial charge is 0.407 e. The third-order valence-corrected chi connectivity index (χ3v) is 2.50. The second kappa shape index (κ2) is 6.82. The average Bonchev–Trinajstić information content (AvgIpc) is 2.36. The highest BCUT2D eigenvalue weighted by Crippen LogP contribution is 2.21. The Morgan fingerprint density at radius 2 is 1.95 bits per heavy atom. The summed E-state index contributed by atoms with van der Waals surface area (Å²) in [6, 6.07) is 2.54. The van der Waals surface area contributed by atoms with E-state index in [-0.39, 0.29) is 12.1 Å². The summed E-state index contributed by atoms with van der Waals surface area (Å²) in [6.07, 6.45) is -3.96. The van der Waals surface area contributed by atoms with Crippen molar-refractivity contribution in [1.29, 1.82) is 0 Å². The van der Waals surface area contributed by atoms with Crippen molar-refractivity contribution in [3.05, 3.63) is 35.4 Å². The number of halogens is 2. The van der Waals surface area contributed by atoms with Crippen LogP contribution in [0.2, 0.25) is 0 Å². The Hall–Kier alpha value is -1.73. The first-order valence-corrected chi connectivity index (χ1v) is 6.38. The fourth-order valence-electron chi connectivity index (χ4n) is 1.56. The molecule has 21 heavy (non-hydrogen) atoms. The predicted molar refractivity (Wildman–Crippen MR) is 71.6 cm³/mol. The second-order valence-electron chi connectivity index (χ2n) is 5.56. The van der Waals surface area contributed by atoms with Gasteiger partial charge in [0, 0.05) is 12.1 Å². The monoisotopic (exact) mass is 303 g/mol. The molecule has 0 bridgehead atoms. The Bertz CT molecular complexity index is 502. The number of carbonyl (C=O) groups excluding carboxylic acids is 1. The molecule has 0 aliphatic heterocycles. The Morgan fingerprint density at radius 3 is 2.52 bits per heavy atom. The van der Waals surface area contributed by atoms with E-state index in [1.54, 1.807) is 20.8 Å². The molecular formula is C14H19F2NO4. The molecule has 2 unspecified atom stereocenters. The zero-order valence-corrected chi connectivity index (χ0v) is 12.1. The number of carbonyl (C=O) groups is 1. The van der Waals surface area contributed by atoms with Crippen molar-refractivity contribution in [2.24, 2.45) is 0 Å². The molecule has 0 heterocycles. The van der Waals surface area contributed by atoms with Gasteiger partial charge in [-0.2, -0.15) is 0 Å². The molecule has 0 radical (unpaired) electrons. The van der Waals surface area contributed by atoms with E-state index in [1.165, 1.54) is 0 Å². The summed E-state index contributed by atoms with van der Waals surface area (Å²) in [5.74, 6) is -1.59. The topological polar surface area (TPSA) is 78.8 Å². The molecule has 1 aromatic rings. The largest absolute Gasteiger partial charge is 0.444 e. The number of hydrogen-bond acceptors (Lipinski definition) is 4. The van der Waals surface area contributed by atoms with Crippen LogP contribution in [0.1, 0.15) is 32.4 Å². The van der Waals surface area contributed by atoms with Gasteiger partial charge in [0.1, 0.15) is 29.4 Å². The van der Waals surface area contributed by atoms with Crippen molar-refractivity contribution in [1.82, 2.24) is 5.32 Å². The first kappa shape index (κ1) is 17.3. The van der Waals surface area contributed by atoms with E-state index < -0.39 is 35.5 Å². The van der Waals surface area contributed by atoms with Crippen LogP contribution in [0.15, 0.2) is 18.2 Å². The highest BCUT2D eigenvalue weighted by Gasteiger charge is 2.24. The molecule has 0 fully saturated rings. The van der Waals surface area contributed by atoms with Gasteiger partial charge in [0.2, 0.25) is 0 Å². The molecule has 0 saturated carbocycles. The molecule has 1 amide bonds. The minimum absolute atomic E-state index is 0.369. The summed E-state index contributed by atoms with van der Waals surface area (Å²) in [6.45, 7) is 4.63. The van der Waals surface area contributed by atoms with Crippen LogP contribution < -0.4 is 5.32 Å². The van der Waals surface area contributed by atoms with E-state index in [0.29, 0.717) is 0 Å². The molecule has 2 atom stereocenters. The van der Waals surface area contributed by atoms with Gasteiger partial charge < -0.3 is 20.3 Å². The Labute approximate surface area is 121 Å². The van der Waals surface area contributed by atoms with Gasteiger partial charge in [-0.15, -0.1) is 0 Å². The van der Waals surface area contributed by atoms with E-state index in [4.69, 9.17) is 4.74 Å².